The maximum Gasteiger partial charge on any atom is 0.357 e. The molecule has 0 aliphatic rings. The van der Waals surface area contributed by atoms with Crippen LogP contribution in [0, 0.1) is 0 Å². The van der Waals surface area contributed by atoms with E-state index in [0.29, 0.717) is 5.00 Å². The van der Waals surface area contributed by atoms with Gasteiger partial charge in [-0.1, -0.05) is 0 Å². The second-order valence-electron chi connectivity index (χ2n) is 3.22. The highest BCUT2D eigenvalue weighted by Gasteiger charge is 2.16. The Morgan fingerprint density at radius 1 is 1.69 bits per heavy atom. The van der Waals surface area contributed by atoms with Crippen molar-refractivity contribution in [1.29, 1.82) is 0 Å². The molecule has 84 valence electrons. The largest absolute Gasteiger partial charge is 0.476 e. The number of hydrogen-bond donors (Lipinski definition) is 2. The molecule has 2 aromatic heterocycles. The van der Waals surface area contributed by atoms with Crippen LogP contribution in [0.3, 0.4) is 0 Å². The normalized spacial score (nSPS) is 12.3. The number of carboxylic acid groups (broad SMARTS) is 1. The Hall–Kier alpha value is -1.82. The first-order valence-electron chi connectivity index (χ1n) is 4.65. The van der Waals surface area contributed by atoms with Gasteiger partial charge in [-0.15, -0.1) is 11.3 Å². The molecular formula is C10H10N2O3S. The van der Waals surface area contributed by atoms with E-state index in [1.807, 2.05) is 13.0 Å². The number of aromatic nitrogens is 1. The van der Waals surface area contributed by atoms with Gasteiger partial charge in [0, 0.05) is 0 Å². The third kappa shape index (κ3) is 2.06. The van der Waals surface area contributed by atoms with Gasteiger partial charge in [0.15, 0.2) is 5.69 Å². The Labute approximate surface area is 95.7 Å². The molecule has 0 saturated carbocycles. The standard InChI is InChI=1S/C10H10N2O3S/c1-6(7-3-2-4-15-7)12-9-8(10(13)14)11-5-16-9/h2-6,12H,1H3,(H,13,14). The molecule has 1 atom stereocenters. The van der Waals surface area contributed by atoms with Crippen molar-refractivity contribution in [3.05, 3.63) is 35.4 Å². The van der Waals surface area contributed by atoms with Gasteiger partial charge in [-0.05, 0) is 19.1 Å². The lowest BCUT2D eigenvalue weighted by molar-refractivity contribution is 0.0692. The number of carbonyl (C=O) groups is 1. The van der Waals surface area contributed by atoms with Crippen LogP contribution in [0.1, 0.15) is 29.2 Å². The van der Waals surface area contributed by atoms with E-state index in [9.17, 15) is 4.79 Å². The van der Waals surface area contributed by atoms with Crippen LogP contribution < -0.4 is 5.32 Å². The van der Waals surface area contributed by atoms with Crippen LogP contribution in [0.15, 0.2) is 28.3 Å². The molecule has 0 bridgehead atoms. The van der Waals surface area contributed by atoms with Crippen LogP contribution in [0.25, 0.3) is 0 Å². The topological polar surface area (TPSA) is 75.4 Å². The van der Waals surface area contributed by atoms with Crippen molar-refractivity contribution in [2.45, 2.75) is 13.0 Å². The van der Waals surface area contributed by atoms with Crippen molar-refractivity contribution in [2.24, 2.45) is 0 Å². The number of furan rings is 1. The van der Waals surface area contributed by atoms with E-state index < -0.39 is 5.97 Å². The number of nitrogens with zero attached hydrogens (tertiary/aromatic N) is 1. The van der Waals surface area contributed by atoms with E-state index in [4.69, 9.17) is 9.52 Å². The summed E-state index contributed by atoms with van der Waals surface area (Å²) in [5.74, 6) is -0.278. The smallest absolute Gasteiger partial charge is 0.357 e. The van der Waals surface area contributed by atoms with E-state index in [-0.39, 0.29) is 11.7 Å². The molecule has 0 spiro atoms. The number of aromatic carboxylic acids is 1. The Balaban J connectivity index is 2.15. The maximum atomic E-state index is 10.8. The Bertz CT molecular complexity index is 478. The third-order valence-electron chi connectivity index (χ3n) is 2.09. The van der Waals surface area contributed by atoms with Gasteiger partial charge in [0.25, 0.3) is 0 Å². The number of hydrogen-bond acceptors (Lipinski definition) is 5. The summed E-state index contributed by atoms with van der Waals surface area (Å²) in [6.45, 7) is 1.89. The summed E-state index contributed by atoms with van der Waals surface area (Å²) in [5.41, 5.74) is 1.55. The van der Waals surface area contributed by atoms with Gasteiger partial charge in [0.05, 0.1) is 17.8 Å². The van der Waals surface area contributed by atoms with Crippen molar-refractivity contribution in [3.63, 3.8) is 0 Å². The van der Waals surface area contributed by atoms with Crippen LogP contribution in [0.2, 0.25) is 0 Å². The third-order valence-corrected chi connectivity index (χ3v) is 2.85. The van der Waals surface area contributed by atoms with Crippen LogP contribution in [-0.4, -0.2) is 16.1 Å². The first kappa shape index (κ1) is 10.7. The quantitative estimate of drug-likeness (QED) is 0.856. The molecule has 0 saturated heterocycles. The van der Waals surface area contributed by atoms with Crippen molar-refractivity contribution in [1.82, 2.24) is 4.98 Å². The molecule has 0 amide bonds. The Morgan fingerprint density at radius 3 is 3.12 bits per heavy atom. The zero-order valence-electron chi connectivity index (χ0n) is 8.51. The van der Waals surface area contributed by atoms with Crippen molar-refractivity contribution >= 4 is 22.3 Å². The highest BCUT2D eigenvalue weighted by Crippen LogP contribution is 2.25. The van der Waals surface area contributed by atoms with Crippen molar-refractivity contribution in [2.75, 3.05) is 5.32 Å². The van der Waals surface area contributed by atoms with Gasteiger partial charge in [0.2, 0.25) is 0 Å². The second kappa shape index (κ2) is 4.36. The highest BCUT2D eigenvalue weighted by molar-refractivity contribution is 7.14. The van der Waals surface area contributed by atoms with Crippen LogP contribution >= 0.6 is 11.3 Å². The average Bonchev–Trinajstić information content (AvgIpc) is 2.86. The van der Waals surface area contributed by atoms with Gasteiger partial charge >= 0.3 is 5.97 Å². The zero-order valence-corrected chi connectivity index (χ0v) is 9.32. The van der Waals surface area contributed by atoms with Crippen LogP contribution in [0.4, 0.5) is 5.00 Å². The van der Waals surface area contributed by atoms with E-state index in [1.54, 1.807) is 12.3 Å². The molecule has 2 aromatic rings. The average molecular weight is 238 g/mol. The molecule has 1 unspecified atom stereocenters. The van der Waals surface area contributed by atoms with Crippen molar-refractivity contribution < 1.29 is 14.3 Å². The minimum absolute atomic E-state index is 0.0448. The van der Waals surface area contributed by atoms with Gasteiger partial charge < -0.3 is 14.8 Å². The lowest BCUT2D eigenvalue weighted by Crippen LogP contribution is -2.08. The maximum absolute atomic E-state index is 10.8. The summed E-state index contributed by atoms with van der Waals surface area (Å²) in [5, 5.41) is 12.5. The predicted molar refractivity (Wildman–Crippen MR) is 59.8 cm³/mol. The van der Waals surface area contributed by atoms with Crippen LogP contribution in [-0.2, 0) is 0 Å². The van der Waals surface area contributed by atoms with Gasteiger partial charge in [-0.2, -0.15) is 0 Å². The Morgan fingerprint density at radius 2 is 2.50 bits per heavy atom. The monoisotopic (exact) mass is 238 g/mol. The molecule has 2 rings (SSSR count). The number of thiazole rings is 1. The first-order chi connectivity index (χ1) is 7.68. The first-order valence-corrected chi connectivity index (χ1v) is 5.53. The molecule has 0 radical (unpaired) electrons. The zero-order chi connectivity index (χ0) is 11.5. The SMILES string of the molecule is CC(Nc1scnc1C(=O)O)c1ccco1. The predicted octanol–water partition coefficient (Wildman–Crippen LogP) is 2.61. The summed E-state index contributed by atoms with van der Waals surface area (Å²) in [4.78, 5) is 14.6. The highest BCUT2D eigenvalue weighted by atomic mass is 32.1. The van der Waals surface area contributed by atoms with E-state index in [1.165, 1.54) is 16.8 Å². The lowest BCUT2D eigenvalue weighted by Gasteiger charge is -2.10. The molecule has 0 aliphatic heterocycles. The fourth-order valence-corrected chi connectivity index (χ4v) is 2.07. The molecule has 2 heterocycles. The molecule has 16 heavy (non-hydrogen) atoms. The number of carboxylic acids is 1. The fraction of sp³-hybridized carbons (Fsp3) is 0.200. The second-order valence-corrected chi connectivity index (χ2v) is 4.07. The van der Waals surface area contributed by atoms with Gasteiger partial charge in [-0.25, -0.2) is 9.78 Å². The van der Waals surface area contributed by atoms with Crippen molar-refractivity contribution in [3.8, 4) is 0 Å². The molecule has 0 aromatic carbocycles. The summed E-state index contributed by atoms with van der Waals surface area (Å²) in [6, 6.07) is 3.53. The summed E-state index contributed by atoms with van der Waals surface area (Å²) < 4.78 is 5.22. The van der Waals surface area contributed by atoms with E-state index in [2.05, 4.69) is 10.3 Å². The van der Waals surface area contributed by atoms with E-state index >= 15 is 0 Å². The van der Waals surface area contributed by atoms with Crippen LogP contribution in [0.5, 0.6) is 0 Å². The Kier molecular flexibility index (Phi) is 2.91. The molecular weight excluding hydrogens is 228 g/mol. The fourth-order valence-electron chi connectivity index (χ4n) is 1.31. The summed E-state index contributed by atoms with van der Waals surface area (Å²) in [7, 11) is 0. The van der Waals surface area contributed by atoms with E-state index in [0.717, 1.165) is 5.76 Å². The molecule has 0 aliphatic carbocycles. The number of rotatable bonds is 4. The molecule has 0 fully saturated rings. The molecule has 6 heteroatoms. The minimum atomic E-state index is -1.03. The number of nitrogens with one attached hydrogen (secondary N) is 1. The van der Waals surface area contributed by atoms with Gasteiger partial charge in [-0.3, -0.25) is 0 Å². The minimum Gasteiger partial charge on any atom is -0.476 e. The molecule has 5 nitrogen and oxygen atoms in total. The lowest BCUT2D eigenvalue weighted by atomic mass is 10.2. The van der Waals surface area contributed by atoms with Gasteiger partial charge in [0.1, 0.15) is 10.8 Å². The molecule has 2 N–H and O–H groups in total. The summed E-state index contributed by atoms with van der Waals surface area (Å²) >= 11 is 1.26. The number of anilines is 1. The summed E-state index contributed by atoms with van der Waals surface area (Å²) in [6.07, 6.45) is 1.58.